The Morgan fingerprint density at radius 3 is 2.79 bits per heavy atom. The van der Waals surface area contributed by atoms with Gasteiger partial charge in [0.05, 0.1) is 18.5 Å². The lowest BCUT2D eigenvalue weighted by atomic mass is 10.4. The highest BCUT2D eigenvalue weighted by Crippen LogP contribution is 2.10. The van der Waals surface area contributed by atoms with Crippen molar-refractivity contribution in [3.05, 3.63) is 11.9 Å². The summed E-state index contributed by atoms with van der Waals surface area (Å²) >= 11 is 0. The predicted molar refractivity (Wildman–Crippen MR) is 50.2 cm³/mol. The summed E-state index contributed by atoms with van der Waals surface area (Å²) in [4.78, 5) is 0.109. The van der Waals surface area contributed by atoms with Crippen LogP contribution in [0.5, 0.6) is 0 Å². The van der Waals surface area contributed by atoms with Gasteiger partial charge in [-0.1, -0.05) is 0 Å². The number of aromatic nitrogens is 2. The summed E-state index contributed by atoms with van der Waals surface area (Å²) in [5.41, 5.74) is 0.475. The molecule has 0 aliphatic carbocycles. The molecule has 0 radical (unpaired) electrons. The summed E-state index contributed by atoms with van der Waals surface area (Å²) in [5.74, 6) is 0. The summed E-state index contributed by atoms with van der Waals surface area (Å²) in [6.45, 7) is 2.95. The van der Waals surface area contributed by atoms with E-state index < -0.39 is 16.1 Å². The van der Waals surface area contributed by atoms with E-state index in [4.69, 9.17) is 5.11 Å². The Kier molecular flexibility index (Phi) is 3.25. The first-order chi connectivity index (χ1) is 6.47. The van der Waals surface area contributed by atoms with Crippen molar-refractivity contribution in [2.75, 3.05) is 6.61 Å². The highest BCUT2D eigenvalue weighted by atomic mass is 32.2. The van der Waals surface area contributed by atoms with Crippen LogP contribution in [0, 0.1) is 6.92 Å². The molecule has 1 heterocycles. The molecule has 0 aliphatic rings. The number of aromatic amines is 1. The zero-order chi connectivity index (χ0) is 10.8. The molecule has 7 heteroatoms. The predicted octanol–water partition coefficient (Wildman–Crippen LogP) is -0.623. The third-order valence-corrected chi connectivity index (χ3v) is 3.41. The molecule has 14 heavy (non-hydrogen) atoms. The average molecular weight is 219 g/mol. The van der Waals surface area contributed by atoms with E-state index >= 15 is 0 Å². The van der Waals surface area contributed by atoms with Gasteiger partial charge in [0, 0.05) is 6.04 Å². The molecule has 6 nitrogen and oxygen atoms in total. The fourth-order valence-electron chi connectivity index (χ4n) is 0.976. The molecule has 0 amide bonds. The Bertz CT molecular complexity index is 398. The zero-order valence-corrected chi connectivity index (χ0v) is 8.80. The molecule has 0 aromatic carbocycles. The zero-order valence-electron chi connectivity index (χ0n) is 7.98. The molecule has 0 fully saturated rings. The van der Waals surface area contributed by atoms with Crippen LogP contribution < -0.4 is 4.72 Å². The second-order valence-electron chi connectivity index (χ2n) is 3.06. The first-order valence-electron chi connectivity index (χ1n) is 4.10. The molecule has 1 aromatic rings. The van der Waals surface area contributed by atoms with Gasteiger partial charge in [0.1, 0.15) is 4.90 Å². The molecule has 1 aromatic heterocycles. The van der Waals surface area contributed by atoms with E-state index in [2.05, 4.69) is 14.9 Å². The first-order valence-corrected chi connectivity index (χ1v) is 5.59. The van der Waals surface area contributed by atoms with Crippen LogP contribution in [0.1, 0.15) is 12.6 Å². The van der Waals surface area contributed by atoms with Gasteiger partial charge in [0.2, 0.25) is 10.0 Å². The normalized spacial score (nSPS) is 14.2. The van der Waals surface area contributed by atoms with E-state index in [1.807, 2.05) is 0 Å². The summed E-state index contributed by atoms with van der Waals surface area (Å²) < 4.78 is 25.5. The molecule has 80 valence electrons. The van der Waals surface area contributed by atoms with Crippen molar-refractivity contribution >= 4 is 10.0 Å². The standard InChI is InChI=1S/C7H13N3O3S/c1-5(4-11)10-14(12,13)7-3-8-9-6(7)2/h3,5,10-11H,4H2,1-2H3,(H,8,9). The van der Waals surface area contributed by atoms with Gasteiger partial charge < -0.3 is 5.11 Å². The van der Waals surface area contributed by atoms with E-state index in [0.29, 0.717) is 5.69 Å². The van der Waals surface area contributed by atoms with Gasteiger partial charge in [-0.25, -0.2) is 13.1 Å². The minimum absolute atomic E-state index is 0.109. The molecule has 0 saturated carbocycles. The lowest BCUT2D eigenvalue weighted by Gasteiger charge is -2.10. The van der Waals surface area contributed by atoms with Crippen LogP contribution in [0.2, 0.25) is 0 Å². The van der Waals surface area contributed by atoms with Crippen molar-refractivity contribution in [1.82, 2.24) is 14.9 Å². The Balaban J connectivity index is 2.92. The van der Waals surface area contributed by atoms with Crippen LogP contribution in [0.3, 0.4) is 0 Å². The number of H-pyrrole nitrogens is 1. The minimum Gasteiger partial charge on any atom is -0.395 e. The van der Waals surface area contributed by atoms with Gasteiger partial charge in [-0.05, 0) is 13.8 Å². The molecule has 1 atom stereocenters. The highest BCUT2D eigenvalue weighted by Gasteiger charge is 2.20. The van der Waals surface area contributed by atoms with Gasteiger partial charge in [0.15, 0.2) is 0 Å². The SMILES string of the molecule is Cc1[nH]ncc1S(=O)(=O)NC(C)CO. The summed E-state index contributed by atoms with van der Waals surface area (Å²) in [5, 5.41) is 14.9. The molecular formula is C7H13N3O3S. The van der Waals surface area contributed by atoms with Crippen molar-refractivity contribution in [2.24, 2.45) is 0 Å². The van der Waals surface area contributed by atoms with Crippen molar-refractivity contribution in [1.29, 1.82) is 0 Å². The molecule has 1 rings (SSSR count). The Labute approximate surface area is 82.4 Å². The van der Waals surface area contributed by atoms with E-state index in [1.54, 1.807) is 13.8 Å². The molecule has 1 unspecified atom stereocenters. The van der Waals surface area contributed by atoms with Crippen molar-refractivity contribution in [3.8, 4) is 0 Å². The van der Waals surface area contributed by atoms with Crippen LogP contribution in [0.4, 0.5) is 0 Å². The summed E-state index contributed by atoms with van der Waals surface area (Å²) in [7, 11) is -3.56. The van der Waals surface area contributed by atoms with Crippen LogP contribution in [-0.4, -0.2) is 36.4 Å². The number of hydrogen-bond donors (Lipinski definition) is 3. The van der Waals surface area contributed by atoms with Gasteiger partial charge in [-0.2, -0.15) is 5.10 Å². The van der Waals surface area contributed by atoms with E-state index in [1.165, 1.54) is 6.20 Å². The summed E-state index contributed by atoms with van der Waals surface area (Å²) in [6.07, 6.45) is 1.24. The van der Waals surface area contributed by atoms with Crippen LogP contribution in [-0.2, 0) is 10.0 Å². The second kappa shape index (κ2) is 4.07. The Hall–Kier alpha value is -0.920. The number of nitrogens with zero attached hydrogens (tertiary/aromatic N) is 1. The van der Waals surface area contributed by atoms with Crippen molar-refractivity contribution in [2.45, 2.75) is 24.8 Å². The van der Waals surface area contributed by atoms with Gasteiger partial charge >= 0.3 is 0 Å². The van der Waals surface area contributed by atoms with Gasteiger partial charge in [-0.15, -0.1) is 0 Å². The van der Waals surface area contributed by atoms with Gasteiger partial charge in [0.25, 0.3) is 0 Å². The second-order valence-corrected chi connectivity index (χ2v) is 4.75. The maximum atomic E-state index is 11.6. The number of rotatable bonds is 4. The smallest absolute Gasteiger partial charge is 0.244 e. The Morgan fingerprint density at radius 1 is 1.71 bits per heavy atom. The monoisotopic (exact) mass is 219 g/mol. The average Bonchev–Trinajstić information content (AvgIpc) is 2.51. The largest absolute Gasteiger partial charge is 0.395 e. The number of nitrogens with one attached hydrogen (secondary N) is 2. The minimum atomic E-state index is -3.56. The lowest BCUT2D eigenvalue weighted by molar-refractivity contribution is 0.265. The number of sulfonamides is 1. The lowest BCUT2D eigenvalue weighted by Crippen LogP contribution is -2.35. The van der Waals surface area contributed by atoms with E-state index in [0.717, 1.165) is 0 Å². The number of hydrogen-bond acceptors (Lipinski definition) is 4. The maximum absolute atomic E-state index is 11.6. The topological polar surface area (TPSA) is 95.1 Å². The van der Waals surface area contributed by atoms with Crippen molar-refractivity contribution < 1.29 is 13.5 Å². The first kappa shape index (κ1) is 11.2. The number of aliphatic hydroxyl groups excluding tert-OH is 1. The molecule has 0 saturated heterocycles. The van der Waals surface area contributed by atoms with Crippen LogP contribution in [0.25, 0.3) is 0 Å². The van der Waals surface area contributed by atoms with Crippen LogP contribution in [0.15, 0.2) is 11.1 Å². The molecule has 3 N–H and O–H groups in total. The third-order valence-electron chi connectivity index (χ3n) is 1.70. The number of aryl methyl sites for hydroxylation is 1. The molecule has 0 spiro atoms. The Morgan fingerprint density at radius 2 is 2.36 bits per heavy atom. The van der Waals surface area contributed by atoms with E-state index in [-0.39, 0.29) is 11.5 Å². The highest BCUT2D eigenvalue weighted by molar-refractivity contribution is 7.89. The van der Waals surface area contributed by atoms with Gasteiger partial charge in [-0.3, -0.25) is 5.10 Å². The fraction of sp³-hybridized carbons (Fsp3) is 0.571. The van der Waals surface area contributed by atoms with Crippen molar-refractivity contribution in [3.63, 3.8) is 0 Å². The van der Waals surface area contributed by atoms with Crippen LogP contribution >= 0.6 is 0 Å². The molecular weight excluding hydrogens is 206 g/mol. The fourth-order valence-corrected chi connectivity index (χ4v) is 2.35. The quantitative estimate of drug-likeness (QED) is 0.628. The maximum Gasteiger partial charge on any atom is 0.244 e. The number of aliphatic hydroxyl groups is 1. The third kappa shape index (κ3) is 2.31. The van der Waals surface area contributed by atoms with E-state index in [9.17, 15) is 8.42 Å². The summed E-state index contributed by atoms with van der Waals surface area (Å²) in [6, 6.07) is -0.505. The molecule has 0 aliphatic heterocycles. The molecule has 0 bridgehead atoms.